The molecule has 84 valence electrons. The second-order valence-electron chi connectivity index (χ2n) is 2.84. The molecular formula is C11H17NOS2. The van der Waals surface area contributed by atoms with Crippen molar-refractivity contribution in [1.29, 1.82) is 0 Å². The van der Waals surface area contributed by atoms with Gasteiger partial charge in [-0.1, -0.05) is 18.2 Å². The minimum atomic E-state index is 0.116. The minimum absolute atomic E-state index is 0.116. The lowest BCUT2D eigenvalue weighted by Gasteiger charge is -2.18. The molecule has 0 aliphatic rings. The van der Waals surface area contributed by atoms with Gasteiger partial charge in [-0.2, -0.15) is 0 Å². The van der Waals surface area contributed by atoms with Crippen LogP contribution in [-0.2, 0) is 0 Å². The number of amides is 1. The van der Waals surface area contributed by atoms with Gasteiger partial charge in [-0.3, -0.25) is 4.79 Å². The molecule has 0 radical (unpaired) electrons. The van der Waals surface area contributed by atoms with E-state index in [1.807, 2.05) is 49.1 Å². The highest BCUT2D eigenvalue weighted by Gasteiger charge is 2.10. The van der Waals surface area contributed by atoms with Gasteiger partial charge in [-0.25, -0.2) is 0 Å². The van der Waals surface area contributed by atoms with Gasteiger partial charge < -0.3 is 4.90 Å². The molecule has 1 aromatic rings. The number of nitrogens with zero attached hydrogens (tertiary/aromatic N) is 1. The van der Waals surface area contributed by atoms with Crippen LogP contribution in [0.3, 0.4) is 0 Å². The van der Waals surface area contributed by atoms with Crippen molar-refractivity contribution in [2.45, 2.75) is 13.8 Å². The van der Waals surface area contributed by atoms with E-state index in [4.69, 9.17) is 0 Å². The Balaban J connectivity index is 0.000000921. The Kier molecular flexibility index (Phi) is 8.33. The van der Waals surface area contributed by atoms with Crippen LogP contribution >= 0.6 is 23.3 Å². The third-order valence-electron chi connectivity index (χ3n) is 2.07. The molecule has 15 heavy (non-hydrogen) atoms. The van der Waals surface area contributed by atoms with Crippen molar-refractivity contribution in [3.63, 3.8) is 0 Å². The molecule has 0 saturated heterocycles. The predicted octanol–water partition coefficient (Wildman–Crippen LogP) is 2.93. The van der Waals surface area contributed by atoms with E-state index in [2.05, 4.69) is 23.3 Å². The Labute approximate surface area is 102 Å². The van der Waals surface area contributed by atoms with Crippen molar-refractivity contribution in [2.24, 2.45) is 0 Å². The molecule has 0 aromatic heterocycles. The molecule has 1 aromatic carbocycles. The molecule has 0 fully saturated rings. The van der Waals surface area contributed by atoms with Crippen LogP contribution in [0.1, 0.15) is 24.2 Å². The molecule has 1 rings (SSSR count). The number of benzene rings is 1. The normalized spacial score (nSPS) is 8.80. The van der Waals surface area contributed by atoms with E-state index in [9.17, 15) is 4.79 Å². The second kappa shape index (κ2) is 8.68. The maximum Gasteiger partial charge on any atom is 0.253 e. The fourth-order valence-electron chi connectivity index (χ4n) is 1.27. The molecule has 0 aliphatic carbocycles. The topological polar surface area (TPSA) is 20.3 Å². The summed E-state index contributed by atoms with van der Waals surface area (Å²) in [5, 5.41) is 0. The zero-order valence-electron chi connectivity index (χ0n) is 9.05. The molecule has 0 bridgehead atoms. The standard InChI is InChI=1S/C11H15NO.H2S2/c1-3-12(4-2)11(13)10-8-6-5-7-9-10;1-2/h5-9H,3-4H2,1-2H3;1-2H. The first kappa shape index (κ1) is 14.4. The van der Waals surface area contributed by atoms with Gasteiger partial charge in [-0.05, 0) is 26.0 Å². The minimum Gasteiger partial charge on any atom is -0.339 e. The number of rotatable bonds is 3. The average Bonchev–Trinajstić information content (AvgIpc) is 2.34. The van der Waals surface area contributed by atoms with Gasteiger partial charge in [0.05, 0.1) is 0 Å². The molecule has 2 nitrogen and oxygen atoms in total. The lowest BCUT2D eigenvalue weighted by Crippen LogP contribution is -2.30. The summed E-state index contributed by atoms with van der Waals surface area (Å²) in [6.45, 7) is 5.52. The van der Waals surface area contributed by atoms with E-state index in [1.165, 1.54) is 0 Å². The van der Waals surface area contributed by atoms with Gasteiger partial charge in [0.15, 0.2) is 0 Å². The van der Waals surface area contributed by atoms with E-state index in [0.29, 0.717) is 0 Å². The lowest BCUT2D eigenvalue weighted by atomic mass is 10.2. The van der Waals surface area contributed by atoms with Crippen molar-refractivity contribution in [3.05, 3.63) is 35.9 Å². The molecule has 0 heterocycles. The third-order valence-corrected chi connectivity index (χ3v) is 2.07. The maximum atomic E-state index is 11.7. The lowest BCUT2D eigenvalue weighted by molar-refractivity contribution is 0.0773. The monoisotopic (exact) mass is 243 g/mol. The van der Waals surface area contributed by atoms with Gasteiger partial charge in [0, 0.05) is 18.7 Å². The number of thiol groups is 2. The van der Waals surface area contributed by atoms with E-state index >= 15 is 0 Å². The average molecular weight is 243 g/mol. The summed E-state index contributed by atoms with van der Waals surface area (Å²) in [7, 11) is 0. The van der Waals surface area contributed by atoms with Crippen LogP contribution in [-0.4, -0.2) is 23.9 Å². The fourth-order valence-corrected chi connectivity index (χ4v) is 1.27. The summed E-state index contributed by atoms with van der Waals surface area (Å²) in [5.74, 6) is 0.116. The van der Waals surface area contributed by atoms with Crippen LogP contribution in [0.2, 0.25) is 0 Å². The van der Waals surface area contributed by atoms with Crippen LogP contribution in [0.25, 0.3) is 0 Å². The van der Waals surface area contributed by atoms with Crippen LogP contribution in [0, 0.1) is 0 Å². The Hall–Kier alpha value is -0.610. The molecule has 0 N–H and O–H groups in total. The number of hydrogen-bond acceptors (Lipinski definition) is 3. The maximum absolute atomic E-state index is 11.7. The third kappa shape index (κ3) is 4.62. The summed E-state index contributed by atoms with van der Waals surface area (Å²) >= 11 is 6.44. The van der Waals surface area contributed by atoms with E-state index in [1.54, 1.807) is 0 Å². The van der Waals surface area contributed by atoms with Crippen molar-refractivity contribution < 1.29 is 4.79 Å². The van der Waals surface area contributed by atoms with Crippen LogP contribution in [0.5, 0.6) is 0 Å². The van der Waals surface area contributed by atoms with Gasteiger partial charge in [0.25, 0.3) is 5.91 Å². The zero-order chi connectivity index (χ0) is 11.7. The molecule has 0 spiro atoms. The van der Waals surface area contributed by atoms with Crippen molar-refractivity contribution in [2.75, 3.05) is 13.1 Å². The summed E-state index contributed by atoms with van der Waals surface area (Å²) < 4.78 is 0. The van der Waals surface area contributed by atoms with Gasteiger partial charge in [-0.15, -0.1) is 23.3 Å². The molecule has 0 aliphatic heterocycles. The zero-order valence-corrected chi connectivity index (χ0v) is 10.8. The smallest absolute Gasteiger partial charge is 0.253 e. The van der Waals surface area contributed by atoms with Crippen LogP contribution in [0.15, 0.2) is 30.3 Å². The first-order chi connectivity index (χ1) is 7.29. The van der Waals surface area contributed by atoms with Gasteiger partial charge in [0.1, 0.15) is 0 Å². The Bertz CT molecular complexity index is 273. The molecule has 0 atom stereocenters. The molecule has 0 saturated carbocycles. The predicted molar refractivity (Wildman–Crippen MR) is 71.7 cm³/mol. The Morgan fingerprint density at radius 2 is 1.60 bits per heavy atom. The van der Waals surface area contributed by atoms with Crippen LogP contribution in [0.4, 0.5) is 0 Å². The summed E-state index contributed by atoms with van der Waals surface area (Å²) in [5.41, 5.74) is 0.770. The summed E-state index contributed by atoms with van der Waals surface area (Å²) in [6, 6.07) is 9.38. The van der Waals surface area contributed by atoms with Gasteiger partial charge >= 0.3 is 0 Å². The first-order valence-electron chi connectivity index (χ1n) is 4.84. The highest BCUT2D eigenvalue weighted by molar-refractivity contribution is 8.59. The Morgan fingerprint density at radius 3 is 2.00 bits per heavy atom. The second-order valence-corrected chi connectivity index (χ2v) is 2.84. The number of carbonyl (C=O) groups excluding carboxylic acids is 1. The van der Waals surface area contributed by atoms with Crippen molar-refractivity contribution in [1.82, 2.24) is 4.90 Å². The molecule has 0 unspecified atom stereocenters. The van der Waals surface area contributed by atoms with Gasteiger partial charge in [0.2, 0.25) is 0 Å². The summed E-state index contributed by atoms with van der Waals surface area (Å²) in [4.78, 5) is 13.5. The number of hydrogen-bond donors (Lipinski definition) is 2. The van der Waals surface area contributed by atoms with E-state index in [-0.39, 0.29) is 5.91 Å². The molecule has 1 amide bonds. The molecular weight excluding hydrogens is 226 g/mol. The first-order valence-corrected chi connectivity index (χ1v) is 6.44. The number of carbonyl (C=O) groups is 1. The molecule has 4 heteroatoms. The Morgan fingerprint density at radius 1 is 1.13 bits per heavy atom. The van der Waals surface area contributed by atoms with E-state index in [0.717, 1.165) is 18.7 Å². The largest absolute Gasteiger partial charge is 0.339 e. The fraction of sp³-hybridized carbons (Fsp3) is 0.364. The SMILES string of the molecule is CCN(CC)C(=O)c1ccccc1.SS. The summed E-state index contributed by atoms with van der Waals surface area (Å²) in [6.07, 6.45) is 0. The van der Waals surface area contributed by atoms with Crippen molar-refractivity contribution in [3.8, 4) is 0 Å². The van der Waals surface area contributed by atoms with Crippen LogP contribution < -0.4 is 0 Å². The van der Waals surface area contributed by atoms with E-state index < -0.39 is 0 Å². The highest BCUT2D eigenvalue weighted by atomic mass is 33.1. The highest BCUT2D eigenvalue weighted by Crippen LogP contribution is 2.03. The van der Waals surface area contributed by atoms with Crippen molar-refractivity contribution >= 4 is 29.2 Å². The quantitative estimate of drug-likeness (QED) is 0.618.